The van der Waals surface area contributed by atoms with Crippen molar-refractivity contribution in [2.24, 2.45) is 5.41 Å². The summed E-state index contributed by atoms with van der Waals surface area (Å²) in [5.41, 5.74) is 3.36. The number of carbonyl (C=O) groups excluding carboxylic acids is 2. The molecule has 0 saturated carbocycles. The number of nitrogens with one attached hydrogen (secondary N) is 1. The number of nitrogens with zero attached hydrogens (tertiary/aromatic N) is 1. The normalized spacial score (nSPS) is 18.9. The molecule has 178 valence electrons. The van der Waals surface area contributed by atoms with Gasteiger partial charge in [0, 0.05) is 28.3 Å². The molecular formula is C29H26ClFN2O2. The van der Waals surface area contributed by atoms with Crippen LogP contribution in [0.15, 0.2) is 84.1 Å². The molecule has 0 fully saturated rings. The van der Waals surface area contributed by atoms with E-state index in [1.807, 2.05) is 24.3 Å². The molecule has 0 saturated heterocycles. The Labute approximate surface area is 209 Å². The third-order valence-corrected chi connectivity index (χ3v) is 6.89. The van der Waals surface area contributed by atoms with Crippen molar-refractivity contribution >= 4 is 34.7 Å². The van der Waals surface area contributed by atoms with Gasteiger partial charge in [0.15, 0.2) is 5.78 Å². The molecule has 6 heteroatoms. The van der Waals surface area contributed by atoms with Crippen LogP contribution in [0.4, 0.5) is 15.8 Å². The number of para-hydroxylation sites is 2. The molecule has 1 heterocycles. The van der Waals surface area contributed by atoms with Crippen LogP contribution in [0, 0.1) is 11.2 Å². The maximum absolute atomic E-state index is 15.3. The molecule has 1 atom stereocenters. The van der Waals surface area contributed by atoms with E-state index in [1.54, 1.807) is 47.4 Å². The van der Waals surface area contributed by atoms with Crippen LogP contribution in [-0.4, -0.2) is 11.7 Å². The largest absolute Gasteiger partial charge is 0.357 e. The molecule has 0 radical (unpaired) electrons. The van der Waals surface area contributed by atoms with E-state index in [0.29, 0.717) is 40.4 Å². The third kappa shape index (κ3) is 4.48. The molecule has 3 aromatic rings. The number of Topliss-reactive ketones (excluding diaryl/α,β-unsaturated/α-hetero) is 1. The van der Waals surface area contributed by atoms with Gasteiger partial charge in [0.2, 0.25) is 5.91 Å². The van der Waals surface area contributed by atoms with Gasteiger partial charge in [-0.2, -0.15) is 0 Å². The Kier molecular flexibility index (Phi) is 5.97. The third-order valence-electron chi connectivity index (χ3n) is 6.64. The smallest absolute Gasteiger partial charge is 0.232 e. The van der Waals surface area contributed by atoms with Crippen molar-refractivity contribution in [2.75, 3.05) is 10.2 Å². The summed E-state index contributed by atoms with van der Waals surface area (Å²) < 4.78 is 15.3. The molecule has 2 aliphatic rings. The number of hydrogen-bond donors (Lipinski definition) is 1. The van der Waals surface area contributed by atoms with Crippen molar-refractivity contribution < 1.29 is 14.0 Å². The first-order valence-electron chi connectivity index (χ1n) is 11.7. The van der Waals surface area contributed by atoms with Crippen LogP contribution >= 0.6 is 11.6 Å². The van der Waals surface area contributed by atoms with Gasteiger partial charge in [-0.1, -0.05) is 67.9 Å². The highest BCUT2D eigenvalue weighted by Gasteiger charge is 2.43. The number of allylic oxidation sites excluding steroid dienone is 1. The number of carbonyl (C=O) groups is 2. The van der Waals surface area contributed by atoms with Crippen molar-refractivity contribution in [1.29, 1.82) is 0 Å². The van der Waals surface area contributed by atoms with E-state index in [-0.39, 0.29) is 23.5 Å². The number of fused-ring (bicyclic) bond motifs is 1. The van der Waals surface area contributed by atoms with Crippen LogP contribution < -0.4 is 10.2 Å². The molecule has 5 rings (SSSR count). The van der Waals surface area contributed by atoms with Crippen LogP contribution in [-0.2, 0) is 16.0 Å². The summed E-state index contributed by atoms with van der Waals surface area (Å²) in [5, 5.41) is 4.03. The number of amides is 1. The van der Waals surface area contributed by atoms with Gasteiger partial charge in [0.05, 0.1) is 23.8 Å². The lowest BCUT2D eigenvalue weighted by Gasteiger charge is -2.37. The molecule has 0 unspecified atom stereocenters. The summed E-state index contributed by atoms with van der Waals surface area (Å²) in [6.07, 6.45) is 1.03. The highest BCUT2D eigenvalue weighted by atomic mass is 35.5. The van der Waals surface area contributed by atoms with Crippen LogP contribution in [0.5, 0.6) is 0 Å². The SMILES string of the molecule is CC1(C)CC(=O)C2=C(C1)Nc1ccccc1N(C(=O)Cc1ccc(Cl)cc1)[C@H]2c1ccccc1F. The summed E-state index contributed by atoms with van der Waals surface area (Å²) in [7, 11) is 0. The average molecular weight is 489 g/mol. The Balaban J connectivity index is 1.72. The van der Waals surface area contributed by atoms with E-state index in [2.05, 4.69) is 19.2 Å². The van der Waals surface area contributed by atoms with E-state index in [1.165, 1.54) is 6.07 Å². The highest BCUT2D eigenvalue weighted by molar-refractivity contribution is 6.30. The lowest BCUT2D eigenvalue weighted by molar-refractivity contribution is -0.119. The van der Waals surface area contributed by atoms with Crippen LogP contribution in [0.2, 0.25) is 5.02 Å². The predicted molar refractivity (Wildman–Crippen MR) is 137 cm³/mol. The van der Waals surface area contributed by atoms with Gasteiger partial charge in [0.25, 0.3) is 0 Å². The first-order valence-corrected chi connectivity index (χ1v) is 12.0. The van der Waals surface area contributed by atoms with E-state index >= 15 is 4.39 Å². The molecule has 1 aliphatic heterocycles. The molecule has 1 aliphatic carbocycles. The summed E-state index contributed by atoms with van der Waals surface area (Å²) >= 11 is 6.03. The molecule has 4 nitrogen and oxygen atoms in total. The van der Waals surface area contributed by atoms with Gasteiger partial charge in [-0.05, 0) is 47.7 Å². The van der Waals surface area contributed by atoms with Gasteiger partial charge < -0.3 is 5.32 Å². The average Bonchev–Trinajstić information content (AvgIpc) is 2.94. The number of hydrogen-bond acceptors (Lipinski definition) is 3. The van der Waals surface area contributed by atoms with Crippen LogP contribution in [0.25, 0.3) is 0 Å². The minimum Gasteiger partial charge on any atom is -0.357 e. The fourth-order valence-electron chi connectivity index (χ4n) is 5.12. The highest BCUT2D eigenvalue weighted by Crippen LogP contribution is 2.48. The zero-order valence-electron chi connectivity index (χ0n) is 19.6. The number of rotatable bonds is 3. The fourth-order valence-corrected chi connectivity index (χ4v) is 5.24. The summed E-state index contributed by atoms with van der Waals surface area (Å²) in [6, 6.07) is 20.0. The first kappa shape index (κ1) is 23.3. The van der Waals surface area contributed by atoms with E-state index in [4.69, 9.17) is 11.6 Å². The molecule has 0 spiro atoms. The molecule has 1 amide bonds. The monoisotopic (exact) mass is 488 g/mol. The van der Waals surface area contributed by atoms with Gasteiger partial charge in [-0.25, -0.2) is 4.39 Å². The second-order valence-electron chi connectivity index (χ2n) is 9.97. The quantitative estimate of drug-likeness (QED) is 0.438. The maximum Gasteiger partial charge on any atom is 0.232 e. The molecule has 35 heavy (non-hydrogen) atoms. The first-order chi connectivity index (χ1) is 16.7. The Bertz CT molecular complexity index is 1350. The van der Waals surface area contributed by atoms with Crippen molar-refractivity contribution in [2.45, 2.75) is 39.2 Å². The topological polar surface area (TPSA) is 49.4 Å². The minimum atomic E-state index is -0.884. The summed E-state index contributed by atoms with van der Waals surface area (Å²) in [5.74, 6) is -0.763. The minimum absolute atomic E-state index is 0.0749. The summed E-state index contributed by atoms with van der Waals surface area (Å²) in [6.45, 7) is 4.10. The van der Waals surface area contributed by atoms with Crippen LogP contribution in [0.3, 0.4) is 0 Å². The standard InChI is InChI=1S/C29H26ClFN2O2/c1-29(2)16-23-27(25(34)17-29)28(20-7-3-4-8-21(20)31)33(24-10-6-5-9-22(24)32-23)26(35)15-18-11-13-19(30)14-12-18/h3-14,28,32H,15-17H2,1-2H3/t28-/m0/s1. The maximum atomic E-state index is 15.3. The Morgan fingerprint density at radius 3 is 2.46 bits per heavy atom. The van der Waals surface area contributed by atoms with Crippen molar-refractivity contribution in [3.8, 4) is 0 Å². The Morgan fingerprint density at radius 1 is 1.03 bits per heavy atom. The number of halogens is 2. The Morgan fingerprint density at radius 2 is 1.71 bits per heavy atom. The van der Waals surface area contributed by atoms with Gasteiger partial charge in [-0.15, -0.1) is 0 Å². The summed E-state index contributed by atoms with van der Waals surface area (Å²) in [4.78, 5) is 29.2. The number of benzene rings is 3. The van der Waals surface area contributed by atoms with Crippen molar-refractivity contribution in [3.05, 3.63) is 106 Å². The lowest BCUT2D eigenvalue weighted by Crippen LogP contribution is -2.40. The number of ketones is 1. The number of anilines is 2. The molecule has 1 N–H and O–H groups in total. The molecule has 0 aromatic heterocycles. The predicted octanol–water partition coefficient (Wildman–Crippen LogP) is 6.86. The van der Waals surface area contributed by atoms with Gasteiger partial charge in [-0.3, -0.25) is 14.5 Å². The van der Waals surface area contributed by atoms with E-state index in [9.17, 15) is 9.59 Å². The van der Waals surface area contributed by atoms with Crippen molar-refractivity contribution in [1.82, 2.24) is 0 Å². The second-order valence-corrected chi connectivity index (χ2v) is 10.4. The molecule has 0 bridgehead atoms. The zero-order valence-corrected chi connectivity index (χ0v) is 20.4. The zero-order chi connectivity index (χ0) is 24.7. The lowest BCUT2D eigenvalue weighted by atomic mass is 9.73. The van der Waals surface area contributed by atoms with E-state index < -0.39 is 11.9 Å². The molecule has 3 aromatic carbocycles. The van der Waals surface area contributed by atoms with E-state index in [0.717, 1.165) is 11.3 Å². The molecular weight excluding hydrogens is 463 g/mol. The second kappa shape index (κ2) is 8.97. The van der Waals surface area contributed by atoms with Gasteiger partial charge >= 0.3 is 0 Å². The fraction of sp³-hybridized carbons (Fsp3) is 0.241. The Hall–Kier alpha value is -3.44. The van der Waals surface area contributed by atoms with Crippen LogP contribution in [0.1, 0.15) is 43.9 Å². The van der Waals surface area contributed by atoms with Gasteiger partial charge in [0.1, 0.15) is 5.82 Å². The van der Waals surface area contributed by atoms with Crippen molar-refractivity contribution in [3.63, 3.8) is 0 Å².